The van der Waals surface area contributed by atoms with Crippen molar-refractivity contribution in [1.82, 2.24) is 14.5 Å². The molecule has 0 spiro atoms. The van der Waals surface area contributed by atoms with Crippen molar-refractivity contribution < 1.29 is 24.4 Å². The minimum Gasteiger partial charge on any atom is -0.497 e. The number of nitrogens with zero attached hydrogens (tertiary/aromatic N) is 2. The van der Waals surface area contributed by atoms with Crippen molar-refractivity contribution in [3.63, 3.8) is 0 Å². The number of aliphatic hydroxyl groups excluding tert-OH is 2. The fourth-order valence-electron chi connectivity index (χ4n) is 6.83. The monoisotopic (exact) mass is 629 g/mol. The van der Waals surface area contributed by atoms with Crippen LogP contribution in [0.25, 0.3) is 22.3 Å². The van der Waals surface area contributed by atoms with E-state index in [0.29, 0.717) is 11.0 Å². The summed E-state index contributed by atoms with van der Waals surface area (Å²) in [6.45, 7) is -0.359. The second-order valence-electron chi connectivity index (χ2n) is 11.6. The van der Waals surface area contributed by atoms with Gasteiger partial charge in [-0.05, 0) is 46.5 Å². The maximum absolute atomic E-state index is 13.6. The second kappa shape index (κ2) is 12.5. The Hall–Kier alpha value is -5.22. The maximum atomic E-state index is 13.6. The number of rotatable bonds is 9. The number of H-pyrrole nitrogens is 1. The van der Waals surface area contributed by atoms with Crippen LogP contribution in [-0.2, 0) is 10.2 Å². The van der Waals surface area contributed by atoms with Crippen LogP contribution in [0.15, 0.2) is 120 Å². The Morgan fingerprint density at radius 3 is 1.94 bits per heavy atom. The molecule has 0 radical (unpaired) electrons. The van der Waals surface area contributed by atoms with Crippen LogP contribution in [0.4, 0.5) is 0 Å². The summed E-state index contributed by atoms with van der Waals surface area (Å²) in [5, 5.41) is 21.0. The lowest BCUT2D eigenvalue weighted by Gasteiger charge is -2.37. The standard InChI is InChI=1S/C38H35N3O6/c1-45-28-17-13-26(14-18-28)38(25-11-7-4-8-12-25,27-15-19-29(46-2)20-16-27)34-30-22-41(33-21-31(43)32(23-42)47-33)37(44)40-36(30)39-35(34)24-9-5-3-6-10-24/h3-20,22,31-33,42-43H,21,23H2,1-2H3,(H,39,40,44)/t31-,32+,33+/m0/s1. The lowest BCUT2D eigenvalue weighted by atomic mass is 9.64. The Bertz CT molecular complexity index is 1990. The number of aromatic amines is 1. The van der Waals surface area contributed by atoms with Gasteiger partial charge >= 0.3 is 5.69 Å². The molecule has 0 aliphatic carbocycles. The highest BCUT2D eigenvalue weighted by Gasteiger charge is 2.43. The van der Waals surface area contributed by atoms with Crippen LogP contribution in [0.3, 0.4) is 0 Å². The van der Waals surface area contributed by atoms with Gasteiger partial charge in [-0.15, -0.1) is 0 Å². The molecule has 3 heterocycles. The van der Waals surface area contributed by atoms with Gasteiger partial charge in [0.15, 0.2) is 0 Å². The van der Waals surface area contributed by atoms with Gasteiger partial charge in [0, 0.05) is 23.6 Å². The van der Waals surface area contributed by atoms with Crippen LogP contribution in [0.2, 0.25) is 0 Å². The molecule has 0 amide bonds. The summed E-state index contributed by atoms with van der Waals surface area (Å²) in [4.78, 5) is 21.6. The van der Waals surface area contributed by atoms with Crippen LogP contribution in [-0.4, -0.2) is 57.8 Å². The quantitative estimate of drug-likeness (QED) is 0.183. The Kier molecular flexibility index (Phi) is 8.11. The Labute approximate surface area is 271 Å². The average molecular weight is 630 g/mol. The number of fused-ring (bicyclic) bond motifs is 1. The summed E-state index contributed by atoms with van der Waals surface area (Å²) >= 11 is 0. The predicted octanol–water partition coefficient (Wildman–Crippen LogP) is 5.43. The highest BCUT2D eigenvalue weighted by Crippen LogP contribution is 2.51. The van der Waals surface area contributed by atoms with Crippen molar-refractivity contribution in [3.8, 4) is 22.8 Å². The predicted molar refractivity (Wildman–Crippen MR) is 179 cm³/mol. The number of aromatic nitrogens is 3. The summed E-state index contributed by atoms with van der Waals surface area (Å²) in [5.74, 6) is 1.44. The van der Waals surface area contributed by atoms with Crippen LogP contribution in [0.5, 0.6) is 11.5 Å². The first-order chi connectivity index (χ1) is 23.0. The van der Waals surface area contributed by atoms with E-state index < -0.39 is 29.5 Å². The first-order valence-corrected chi connectivity index (χ1v) is 15.5. The summed E-state index contributed by atoms with van der Waals surface area (Å²) < 4.78 is 18.5. The Balaban J connectivity index is 1.63. The van der Waals surface area contributed by atoms with Crippen molar-refractivity contribution in [2.24, 2.45) is 0 Å². The minimum atomic E-state index is -0.948. The van der Waals surface area contributed by atoms with E-state index in [-0.39, 0.29) is 13.0 Å². The van der Waals surface area contributed by atoms with Crippen LogP contribution in [0.1, 0.15) is 34.9 Å². The van der Waals surface area contributed by atoms with E-state index in [1.165, 1.54) is 4.57 Å². The third-order valence-electron chi connectivity index (χ3n) is 9.10. The van der Waals surface area contributed by atoms with Crippen LogP contribution >= 0.6 is 0 Å². The normalized spacial score (nSPS) is 18.0. The van der Waals surface area contributed by atoms with E-state index in [2.05, 4.69) is 46.4 Å². The molecule has 9 heteroatoms. The minimum absolute atomic E-state index is 0.143. The Morgan fingerprint density at radius 1 is 0.851 bits per heavy atom. The van der Waals surface area contributed by atoms with Crippen molar-refractivity contribution in [1.29, 1.82) is 0 Å². The molecule has 3 atom stereocenters. The molecular weight excluding hydrogens is 594 g/mol. The number of hydrogen-bond acceptors (Lipinski definition) is 7. The molecule has 1 fully saturated rings. The summed E-state index contributed by atoms with van der Waals surface area (Å²) in [6.07, 6.45) is -0.604. The second-order valence-corrected chi connectivity index (χ2v) is 11.6. The van der Waals surface area contributed by atoms with Gasteiger partial charge in [-0.3, -0.25) is 4.57 Å². The van der Waals surface area contributed by atoms with E-state index in [1.807, 2.05) is 72.8 Å². The lowest BCUT2D eigenvalue weighted by Crippen LogP contribution is -2.32. The molecule has 0 unspecified atom stereocenters. The third-order valence-corrected chi connectivity index (χ3v) is 9.10. The molecule has 0 saturated carbocycles. The van der Waals surface area contributed by atoms with Crippen LogP contribution in [0, 0.1) is 0 Å². The van der Waals surface area contributed by atoms with Gasteiger partial charge in [0.2, 0.25) is 0 Å². The molecule has 47 heavy (non-hydrogen) atoms. The number of hydrogen-bond donors (Lipinski definition) is 3. The van der Waals surface area contributed by atoms with Crippen LogP contribution < -0.4 is 15.2 Å². The number of benzene rings is 4. The van der Waals surface area contributed by atoms with E-state index in [9.17, 15) is 15.0 Å². The number of aliphatic hydroxyl groups is 2. The van der Waals surface area contributed by atoms with E-state index in [0.717, 1.165) is 45.0 Å². The molecule has 6 aromatic rings. The molecule has 1 aliphatic heterocycles. The number of methoxy groups -OCH3 is 2. The van der Waals surface area contributed by atoms with Gasteiger partial charge in [-0.1, -0.05) is 84.9 Å². The third kappa shape index (κ3) is 5.18. The van der Waals surface area contributed by atoms with E-state index in [4.69, 9.17) is 14.2 Å². The summed E-state index contributed by atoms with van der Waals surface area (Å²) in [5.41, 5.74) is 4.42. The number of ether oxygens (including phenoxy) is 3. The molecule has 1 saturated heterocycles. The maximum Gasteiger partial charge on any atom is 0.351 e. The smallest absolute Gasteiger partial charge is 0.351 e. The topological polar surface area (TPSA) is 119 Å². The fraction of sp³-hybridized carbons (Fsp3) is 0.211. The van der Waals surface area contributed by atoms with Crippen molar-refractivity contribution in [3.05, 3.63) is 148 Å². The molecule has 4 aromatic carbocycles. The first-order valence-electron chi connectivity index (χ1n) is 15.5. The largest absolute Gasteiger partial charge is 0.497 e. The van der Waals surface area contributed by atoms with Crippen molar-refractivity contribution >= 4 is 11.0 Å². The van der Waals surface area contributed by atoms with E-state index in [1.54, 1.807) is 20.4 Å². The SMILES string of the molecule is COc1ccc(C(c2ccccc2)(c2ccc(OC)cc2)c2c(-c3ccccc3)[nH]c3nc(=O)n([C@H]4C[C@H](O)[C@@H](CO)O4)cc23)cc1. The van der Waals surface area contributed by atoms with Gasteiger partial charge in [0.1, 0.15) is 29.5 Å². The molecule has 238 valence electrons. The molecule has 9 nitrogen and oxygen atoms in total. The highest BCUT2D eigenvalue weighted by molar-refractivity contribution is 5.92. The first kappa shape index (κ1) is 30.4. The lowest BCUT2D eigenvalue weighted by molar-refractivity contribution is -0.0457. The van der Waals surface area contributed by atoms with E-state index >= 15 is 0 Å². The highest BCUT2D eigenvalue weighted by atomic mass is 16.5. The zero-order valence-corrected chi connectivity index (χ0v) is 26.0. The fourth-order valence-corrected chi connectivity index (χ4v) is 6.83. The molecule has 1 aliphatic rings. The van der Waals surface area contributed by atoms with Gasteiger partial charge in [0.05, 0.1) is 38.0 Å². The molecule has 7 rings (SSSR count). The average Bonchev–Trinajstić information content (AvgIpc) is 3.69. The van der Waals surface area contributed by atoms with Crippen molar-refractivity contribution in [2.45, 2.75) is 30.3 Å². The molecule has 3 N–H and O–H groups in total. The summed E-state index contributed by atoms with van der Waals surface area (Å²) in [6, 6.07) is 36.3. The molecular formula is C38H35N3O6. The van der Waals surface area contributed by atoms with Gasteiger partial charge < -0.3 is 29.4 Å². The zero-order valence-electron chi connectivity index (χ0n) is 26.0. The zero-order chi connectivity index (χ0) is 32.5. The Morgan fingerprint density at radius 2 is 1.40 bits per heavy atom. The van der Waals surface area contributed by atoms with Crippen molar-refractivity contribution in [2.75, 3.05) is 20.8 Å². The summed E-state index contributed by atoms with van der Waals surface area (Å²) in [7, 11) is 3.29. The molecule has 2 aromatic heterocycles. The van der Waals surface area contributed by atoms with Gasteiger partial charge in [-0.25, -0.2) is 4.79 Å². The van der Waals surface area contributed by atoms with Gasteiger partial charge in [-0.2, -0.15) is 4.98 Å². The van der Waals surface area contributed by atoms with Gasteiger partial charge in [0.25, 0.3) is 0 Å². The molecule has 0 bridgehead atoms. The number of nitrogens with one attached hydrogen (secondary N) is 1.